The van der Waals surface area contributed by atoms with E-state index < -0.39 is 5.72 Å². The molecule has 1 rings (SSSR count). The van der Waals surface area contributed by atoms with Gasteiger partial charge in [-0.2, -0.15) is 0 Å². The number of rotatable bonds is 1. The van der Waals surface area contributed by atoms with E-state index in [9.17, 15) is 5.21 Å². The molecule has 1 radical (unpaired) electrons. The molecule has 0 aromatic rings. The maximum Gasteiger partial charge on any atom is 0.144 e. The van der Waals surface area contributed by atoms with Crippen LogP contribution in [0.4, 0.5) is 0 Å². The first-order valence-electron chi connectivity index (χ1n) is 4.04. The summed E-state index contributed by atoms with van der Waals surface area (Å²) >= 11 is 0. The van der Waals surface area contributed by atoms with Crippen molar-refractivity contribution in [2.45, 2.75) is 45.4 Å². The van der Waals surface area contributed by atoms with Crippen LogP contribution >= 0.6 is 0 Å². The molecule has 0 amide bonds. The average molecular weight is 158 g/mol. The third kappa shape index (κ3) is 1.28. The summed E-state index contributed by atoms with van der Waals surface area (Å²) < 4.78 is 5.43. The van der Waals surface area contributed by atoms with Crippen LogP contribution in [0.1, 0.15) is 34.1 Å². The first kappa shape index (κ1) is 8.97. The molecule has 1 atom stereocenters. The second kappa shape index (κ2) is 2.44. The van der Waals surface area contributed by atoms with Gasteiger partial charge in [-0.1, -0.05) is 6.92 Å². The third-order valence-electron chi connectivity index (χ3n) is 2.37. The van der Waals surface area contributed by atoms with Gasteiger partial charge in [-0.15, -0.1) is 10.3 Å². The fourth-order valence-electron chi connectivity index (χ4n) is 1.34. The molecule has 0 bridgehead atoms. The lowest BCUT2D eigenvalue weighted by molar-refractivity contribution is -0.285. The summed E-state index contributed by atoms with van der Waals surface area (Å²) in [5.41, 5.74) is -0.950. The molecule has 0 saturated carbocycles. The fraction of sp³-hybridized carbons (Fsp3) is 1.00. The molecule has 1 fully saturated rings. The minimum Gasteiger partial charge on any atom is -0.356 e. The zero-order valence-electron chi connectivity index (χ0n) is 7.68. The van der Waals surface area contributed by atoms with Crippen LogP contribution in [0, 0.1) is 0 Å². The van der Waals surface area contributed by atoms with E-state index in [1.54, 1.807) is 0 Å². The topological polar surface area (TPSA) is 32.4 Å². The van der Waals surface area contributed by atoms with Crippen molar-refractivity contribution in [1.29, 1.82) is 0 Å². The number of hydrogen-bond donors (Lipinski definition) is 0. The van der Waals surface area contributed by atoms with E-state index in [-0.39, 0.29) is 5.54 Å². The van der Waals surface area contributed by atoms with Crippen LogP contribution in [-0.2, 0) is 9.94 Å². The van der Waals surface area contributed by atoms with Gasteiger partial charge in [-0.05, 0) is 27.2 Å². The molecule has 1 unspecified atom stereocenters. The van der Waals surface area contributed by atoms with Crippen LogP contribution in [0.25, 0.3) is 0 Å². The molecular formula is C8H16NO2. The van der Waals surface area contributed by atoms with E-state index in [0.29, 0.717) is 6.61 Å². The summed E-state index contributed by atoms with van der Waals surface area (Å²) in [7, 11) is 0. The summed E-state index contributed by atoms with van der Waals surface area (Å²) in [5, 5.41) is 12.6. The van der Waals surface area contributed by atoms with Crippen LogP contribution in [-0.4, -0.2) is 22.9 Å². The van der Waals surface area contributed by atoms with E-state index in [0.717, 1.165) is 11.5 Å². The molecule has 1 aliphatic heterocycles. The van der Waals surface area contributed by atoms with Gasteiger partial charge >= 0.3 is 0 Å². The van der Waals surface area contributed by atoms with Gasteiger partial charge in [0.2, 0.25) is 0 Å². The van der Waals surface area contributed by atoms with Crippen molar-refractivity contribution in [2.75, 3.05) is 6.61 Å². The highest BCUT2D eigenvalue weighted by molar-refractivity contribution is 4.89. The van der Waals surface area contributed by atoms with Crippen LogP contribution in [0.2, 0.25) is 0 Å². The number of hydrogen-bond acceptors (Lipinski definition) is 2. The third-order valence-corrected chi connectivity index (χ3v) is 2.37. The smallest absolute Gasteiger partial charge is 0.144 e. The van der Waals surface area contributed by atoms with E-state index in [2.05, 4.69) is 0 Å². The lowest BCUT2D eigenvalue weighted by Crippen LogP contribution is -2.47. The van der Waals surface area contributed by atoms with Crippen LogP contribution in [0.15, 0.2) is 0 Å². The van der Waals surface area contributed by atoms with Crippen molar-refractivity contribution in [2.24, 2.45) is 0 Å². The molecule has 0 aromatic carbocycles. The van der Waals surface area contributed by atoms with Crippen LogP contribution in [0.5, 0.6) is 0 Å². The minimum atomic E-state index is -0.594. The summed E-state index contributed by atoms with van der Waals surface area (Å²) in [6, 6.07) is 0. The highest BCUT2D eigenvalue weighted by atomic mass is 16.6. The van der Waals surface area contributed by atoms with Gasteiger partial charge in [-0.3, -0.25) is 0 Å². The Balaban J connectivity index is 2.78. The van der Waals surface area contributed by atoms with Gasteiger partial charge in [0.1, 0.15) is 5.72 Å². The van der Waals surface area contributed by atoms with Gasteiger partial charge in [0.25, 0.3) is 0 Å². The maximum atomic E-state index is 11.6. The highest BCUT2D eigenvalue weighted by Gasteiger charge is 2.48. The first-order valence-corrected chi connectivity index (χ1v) is 4.04. The molecule has 3 nitrogen and oxygen atoms in total. The second-order valence-electron chi connectivity index (χ2n) is 3.92. The van der Waals surface area contributed by atoms with E-state index in [1.807, 2.05) is 27.7 Å². The molecule has 0 spiro atoms. The van der Waals surface area contributed by atoms with Crippen LogP contribution < -0.4 is 0 Å². The quantitative estimate of drug-likeness (QED) is 0.580. The Morgan fingerprint density at radius 3 is 2.18 bits per heavy atom. The normalized spacial score (nSPS) is 37.9. The van der Waals surface area contributed by atoms with Crippen molar-refractivity contribution in [1.82, 2.24) is 5.06 Å². The largest absolute Gasteiger partial charge is 0.356 e. The monoisotopic (exact) mass is 158 g/mol. The van der Waals surface area contributed by atoms with E-state index >= 15 is 0 Å². The molecule has 0 aromatic heterocycles. The zero-order valence-corrected chi connectivity index (χ0v) is 7.68. The molecule has 1 saturated heterocycles. The van der Waals surface area contributed by atoms with Crippen molar-refractivity contribution in [3.63, 3.8) is 0 Å². The molecule has 1 heterocycles. The molecule has 11 heavy (non-hydrogen) atoms. The van der Waals surface area contributed by atoms with Crippen molar-refractivity contribution < 1.29 is 9.94 Å². The Hall–Kier alpha value is -0.120. The van der Waals surface area contributed by atoms with Crippen LogP contribution in [0.3, 0.4) is 0 Å². The van der Waals surface area contributed by atoms with Gasteiger partial charge in [0, 0.05) is 0 Å². The van der Waals surface area contributed by atoms with E-state index in [4.69, 9.17) is 4.74 Å². The number of hydroxylamine groups is 2. The summed E-state index contributed by atoms with van der Waals surface area (Å²) in [6.45, 7) is 8.14. The van der Waals surface area contributed by atoms with Gasteiger partial charge < -0.3 is 4.74 Å². The Bertz CT molecular complexity index is 158. The maximum absolute atomic E-state index is 11.6. The summed E-state index contributed by atoms with van der Waals surface area (Å²) in [4.78, 5) is 0. The Labute approximate surface area is 67.9 Å². The number of ether oxygens (including phenoxy) is 1. The van der Waals surface area contributed by atoms with Gasteiger partial charge in [0.15, 0.2) is 0 Å². The van der Waals surface area contributed by atoms with Gasteiger partial charge in [0.05, 0.1) is 12.1 Å². The Morgan fingerprint density at radius 1 is 1.45 bits per heavy atom. The second-order valence-corrected chi connectivity index (χ2v) is 3.92. The molecule has 0 N–H and O–H groups in total. The van der Waals surface area contributed by atoms with E-state index in [1.165, 1.54) is 0 Å². The SMILES string of the molecule is CCC1(C)OCC(C)(C)N1[O]. The minimum absolute atomic E-state index is 0.356. The molecule has 3 heteroatoms. The lowest BCUT2D eigenvalue weighted by atomic mass is 10.1. The highest BCUT2D eigenvalue weighted by Crippen LogP contribution is 2.34. The molecule has 65 valence electrons. The molecule has 1 aliphatic rings. The van der Waals surface area contributed by atoms with Crippen molar-refractivity contribution >= 4 is 0 Å². The Kier molecular flexibility index (Phi) is 1.99. The van der Waals surface area contributed by atoms with Gasteiger partial charge in [-0.25, -0.2) is 0 Å². The fourth-order valence-corrected chi connectivity index (χ4v) is 1.34. The first-order chi connectivity index (χ1) is 4.92. The summed E-state index contributed by atoms with van der Waals surface area (Å²) in [5.74, 6) is 0. The zero-order chi connectivity index (χ0) is 8.70. The molecule has 0 aliphatic carbocycles. The Morgan fingerprint density at radius 2 is 2.00 bits per heavy atom. The number of nitrogens with zero attached hydrogens (tertiary/aromatic N) is 1. The standard InChI is InChI=1S/C8H16NO2/c1-5-8(4)9(10)7(2,3)6-11-8/h5-6H2,1-4H3. The summed E-state index contributed by atoms with van der Waals surface area (Å²) in [6.07, 6.45) is 0.736. The predicted molar refractivity (Wildman–Crippen MR) is 41.3 cm³/mol. The van der Waals surface area contributed by atoms with Crippen molar-refractivity contribution in [3.05, 3.63) is 0 Å². The molecular weight excluding hydrogens is 142 g/mol. The predicted octanol–water partition coefficient (Wildman–Crippen LogP) is 1.57. The lowest BCUT2D eigenvalue weighted by Gasteiger charge is -2.30. The van der Waals surface area contributed by atoms with Crippen molar-refractivity contribution in [3.8, 4) is 0 Å². The average Bonchev–Trinajstić information content (AvgIpc) is 2.16.